The lowest BCUT2D eigenvalue weighted by Gasteiger charge is -2.14. The van der Waals surface area contributed by atoms with Gasteiger partial charge < -0.3 is 14.6 Å². The van der Waals surface area contributed by atoms with Gasteiger partial charge in [0.2, 0.25) is 11.1 Å². The standard InChI is InChI=1S/C26H29N5O3S2/c1-4-18(23(32)28-24-20(25(33)34-6-3)16-12-8-10-14-19(16)35-24)36-26-27-22-21(29-30-26)15-11-7-9-13-17(15)31(22)5-2/h7,9,11,13,18H,4-6,8,10,12,14H2,1-3H3,(H,28,32). The molecule has 4 aromatic rings. The number of anilines is 1. The second-order valence-corrected chi connectivity index (χ2v) is 10.9. The normalized spacial score (nSPS) is 14.1. The second-order valence-electron chi connectivity index (χ2n) is 8.67. The van der Waals surface area contributed by atoms with E-state index in [0.29, 0.717) is 28.7 Å². The van der Waals surface area contributed by atoms with Gasteiger partial charge in [-0.3, -0.25) is 4.79 Å². The number of benzene rings is 1. The molecule has 3 aromatic heterocycles. The van der Waals surface area contributed by atoms with E-state index in [-0.39, 0.29) is 11.9 Å². The van der Waals surface area contributed by atoms with Gasteiger partial charge in [-0.15, -0.1) is 21.5 Å². The molecule has 5 rings (SSSR count). The van der Waals surface area contributed by atoms with E-state index < -0.39 is 5.25 Å². The Labute approximate surface area is 217 Å². The van der Waals surface area contributed by atoms with Crippen LogP contribution in [0, 0.1) is 0 Å². The third kappa shape index (κ3) is 4.48. The van der Waals surface area contributed by atoms with E-state index in [1.54, 1.807) is 6.92 Å². The number of carbonyl (C=O) groups excluding carboxylic acids is 2. The molecule has 0 bridgehead atoms. The summed E-state index contributed by atoms with van der Waals surface area (Å²) in [6.45, 7) is 6.88. The number of ether oxygens (including phenoxy) is 1. The lowest BCUT2D eigenvalue weighted by Crippen LogP contribution is -2.25. The van der Waals surface area contributed by atoms with Crippen LogP contribution >= 0.6 is 23.1 Å². The molecule has 0 saturated carbocycles. The van der Waals surface area contributed by atoms with Gasteiger partial charge in [-0.1, -0.05) is 36.9 Å². The van der Waals surface area contributed by atoms with E-state index in [0.717, 1.165) is 59.9 Å². The van der Waals surface area contributed by atoms with Crippen molar-refractivity contribution in [1.29, 1.82) is 0 Å². The molecule has 188 valence electrons. The summed E-state index contributed by atoms with van der Waals surface area (Å²) in [5.41, 5.74) is 4.15. The number of nitrogens with zero attached hydrogens (tertiary/aromatic N) is 4. The highest BCUT2D eigenvalue weighted by Gasteiger charge is 2.29. The fourth-order valence-electron chi connectivity index (χ4n) is 4.77. The average molecular weight is 524 g/mol. The monoisotopic (exact) mass is 523 g/mol. The summed E-state index contributed by atoms with van der Waals surface area (Å²) in [6, 6.07) is 8.06. The molecular weight excluding hydrogens is 494 g/mol. The van der Waals surface area contributed by atoms with E-state index >= 15 is 0 Å². The Morgan fingerprint density at radius 1 is 1.17 bits per heavy atom. The van der Waals surface area contributed by atoms with Gasteiger partial charge in [0.1, 0.15) is 10.5 Å². The number of amides is 1. The zero-order chi connectivity index (χ0) is 25.2. The van der Waals surface area contributed by atoms with E-state index in [1.165, 1.54) is 28.0 Å². The molecule has 8 nitrogen and oxygen atoms in total. The number of thiophene rings is 1. The molecule has 0 fully saturated rings. The minimum atomic E-state index is -0.433. The van der Waals surface area contributed by atoms with Crippen molar-refractivity contribution in [3.8, 4) is 0 Å². The molecule has 0 saturated heterocycles. The third-order valence-corrected chi connectivity index (χ3v) is 8.89. The Morgan fingerprint density at radius 2 is 1.97 bits per heavy atom. The van der Waals surface area contributed by atoms with Crippen LogP contribution in [0.1, 0.15) is 60.8 Å². The van der Waals surface area contributed by atoms with Gasteiger partial charge in [0, 0.05) is 16.8 Å². The molecule has 1 amide bonds. The fourth-order valence-corrected chi connectivity index (χ4v) is 6.87. The van der Waals surface area contributed by atoms with Crippen molar-refractivity contribution in [1.82, 2.24) is 19.7 Å². The number of esters is 1. The number of para-hydroxylation sites is 1. The average Bonchev–Trinajstić information content (AvgIpc) is 3.41. The van der Waals surface area contributed by atoms with Gasteiger partial charge in [0.05, 0.1) is 22.9 Å². The van der Waals surface area contributed by atoms with Crippen LogP contribution in [0.2, 0.25) is 0 Å². The highest BCUT2D eigenvalue weighted by Crippen LogP contribution is 2.39. The van der Waals surface area contributed by atoms with Crippen molar-refractivity contribution in [3.05, 3.63) is 40.3 Å². The summed E-state index contributed by atoms with van der Waals surface area (Å²) >= 11 is 2.80. The maximum atomic E-state index is 13.4. The van der Waals surface area contributed by atoms with Gasteiger partial charge in [-0.2, -0.15) is 0 Å². The number of hydrogen-bond donors (Lipinski definition) is 1. The lowest BCUT2D eigenvalue weighted by molar-refractivity contribution is -0.115. The van der Waals surface area contributed by atoms with Crippen LogP contribution in [0.5, 0.6) is 0 Å². The zero-order valence-corrected chi connectivity index (χ0v) is 22.3. The van der Waals surface area contributed by atoms with Crippen LogP contribution in [0.4, 0.5) is 5.00 Å². The number of fused-ring (bicyclic) bond motifs is 4. The van der Waals surface area contributed by atoms with Crippen LogP contribution in [0.3, 0.4) is 0 Å². The molecule has 0 aliphatic heterocycles. The summed E-state index contributed by atoms with van der Waals surface area (Å²) in [6.07, 6.45) is 4.48. The largest absolute Gasteiger partial charge is 0.462 e. The highest BCUT2D eigenvalue weighted by molar-refractivity contribution is 8.00. The lowest BCUT2D eigenvalue weighted by atomic mass is 9.95. The Morgan fingerprint density at radius 3 is 2.75 bits per heavy atom. The molecular formula is C26H29N5O3S2. The summed E-state index contributed by atoms with van der Waals surface area (Å²) in [5.74, 6) is -0.537. The molecule has 1 unspecified atom stereocenters. The quantitative estimate of drug-likeness (QED) is 0.236. The molecule has 0 radical (unpaired) electrons. The summed E-state index contributed by atoms with van der Waals surface area (Å²) in [4.78, 5) is 32.1. The fraction of sp³-hybridized carbons (Fsp3) is 0.423. The smallest absolute Gasteiger partial charge is 0.341 e. The first-order valence-corrected chi connectivity index (χ1v) is 14.2. The number of aryl methyl sites for hydroxylation is 2. The van der Waals surface area contributed by atoms with Crippen molar-refractivity contribution < 1.29 is 14.3 Å². The van der Waals surface area contributed by atoms with Crippen molar-refractivity contribution in [3.63, 3.8) is 0 Å². The minimum absolute atomic E-state index is 0.175. The molecule has 1 aliphatic rings. The van der Waals surface area contributed by atoms with Crippen LogP contribution in [-0.2, 0) is 28.9 Å². The number of hydrogen-bond acceptors (Lipinski definition) is 8. The number of rotatable bonds is 8. The minimum Gasteiger partial charge on any atom is -0.462 e. The Kier molecular flexibility index (Phi) is 7.25. The Hall–Kier alpha value is -2.98. The summed E-state index contributed by atoms with van der Waals surface area (Å²) < 4.78 is 7.44. The SMILES string of the molecule is CCOC(=O)c1c(NC(=O)C(CC)Sc2nnc3c4ccccc4n(CC)c3n2)sc2c1CCCC2. The van der Waals surface area contributed by atoms with E-state index in [2.05, 4.69) is 33.1 Å². The van der Waals surface area contributed by atoms with Gasteiger partial charge in [0.15, 0.2) is 5.65 Å². The number of nitrogens with one attached hydrogen (secondary N) is 1. The van der Waals surface area contributed by atoms with Gasteiger partial charge >= 0.3 is 5.97 Å². The summed E-state index contributed by atoms with van der Waals surface area (Å²) in [7, 11) is 0. The number of thioether (sulfide) groups is 1. The maximum Gasteiger partial charge on any atom is 0.341 e. The maximum absolute atomic E-state index is 13.4. The van der Waals surface area contributed by atoms with Gasteiger partial charge in [-0.25, -0.2) is 9.78 Å². The Balaban J connectivity index is 1.41. The molecule has 1 atom stereocenters. The zero-order valence-electron chi connectivity index (χ0n) is 20.7. The van der Waals surface area contributed by atoms with Crippen molar-refractivity contribution in [2.24, 2.45) is 0 Å². The molecule has 3 heterocycles. The van der Waals surface area contributed by atoms with Crippen LogP contribution in [0.25, 0.3) is 22.1 Å². The predicted molar refractivity (Wildman–Crippen MR) is 144 cm³/mol. The van der Waals surface area contributed by atoms with E-state index in [4.69, 9.17) is 9.72 Å². The predicted octanol–water partition coefficient (Wildman–Crippen LogP) is 5.63. The first-order valence-electron chi connectivity index (χ1n) is 12.5. The van der Waals surface area contributed by atoms with Gasteiger partial charge in [-0.05, 0) is 57.6 Å². The number of aromatic nitrogens is 4. The first-order chi connectivity index (χ1) is 17.5. The topological polar surface area (TPSA) is 99.0 Å². The van der Waals surface area contributed by atoms with E-state index in [1.807, 2.05) is 25.1 Å². The van der Waals surface area contributed by atoms with Gasteiger partial charge in [0.25, 0.3) is 0 Å². The first kappa shape index (κ1) is 24.7. The van der Waals surface area contributed by atoms with Crippen LogP contribution < -0.4 is 5.32 Å². The summed E-state index contributed by atoms with van der Waals surface area (Å²) in [5, 5.41) is 13.5. The van der Waals surface area contributed by atoms with Crippen molar-refractivity contribution in [2.75, 3.05) is 11.9 Å². The third-order valence-electron chi connectivity index (χ3n) is 6.47. The molecule has 1 N–H and O–H groups in total. The van der Waals surface area contributed by atoms with Crippen molar-refractivity contribution >= 4 is 62.0 Å². The van der Waals surface area contributed by atoms with Crippen LogP contribution in [-0.4, -0.2) is 43.5 Å². The highest BCUT2D eigenvalue weighted by atomic mass is 32.2. The molecule has 0 spiro atoms. The molecule has 1 aromatic carbocycles. The molecule has 1 aliphatic carbocycles. The molecule has 10 heteroatoms. The second kappa shape index (κ2) is 10.6. The Bertz CT molecular complexity index is 1440. The van der Waals surface area contributed by atoms with Crippen molar-refractivity contribution in [2.45, 2.75) is 69.8 Å². The number of carbonyl (C=O) groups is 2. The van der Waals surface area contributed by atoms with E-state index in [9.17, 15) is 9.59 Å². The van der Waals surface area contributed by atoms with Crippen LogP contribution in [0.15, 0.2) is 29.4 Å². The molecule has 36 heavy (non-hydrogen) atoms.